The lowest BCUT2D eigenvalue weighted by Crippen LogP contribution is -2.14. The Bertz CT molecular complexity index is 976. The van der Waals surface area contributed by atoms with Crippen molar-refractivity contribution in [3.8, 4) is 0 Å². The van der Waals surface area contributed by atoms with Gasteiger partial charge >= 0.3 is 5.97 Å². The van der Waals surface area contributed by atoms with Gasteiger partial charge in [0.05, 0.1) is 22.9 Å². The number of esters is 1. The van der Waals surface area contributed by atoms with E-state index in [2.05, 4.69) is 20.8 Å². The van der Waals surface area contributed by atoms with Crippen molar-refractivity contribution in [3.63, 3.8) is 0 Å². The lowest BCUT2D eigenvalue weighted by molar-refractivity contribution is 0.0526. The molecule has 0 spiro atoms. The zero-order valence-electron chi connectivity index (χ0n) is 15.0. The maximum atomic E-state index is 12.3. The maximum Gasteiger partial charge on any atom is 0.338 e. The van der Waals surface area contributed by atoms with Crippen LogP contribution < -0.4 is 10.6 Å². The molecule has 7 nitrogen and oxygen atoms in total. The number of rotatable bonds is 6. The van der Waals surface area contributed by atoms with Gasteiger partial charge in [-0.05, 0) is 55.5 Å². The van der Waals surface area contributed by atoms with Gasteiger partial charge in [-0.25, -0.2) is 4.79 Å². The van der Waals surface area contributed by atoms with Crippen molar-refractivity contribution in [1.82, 2.24) is 10.2 Å². The number of hydrogen-bond acceptors (Lipinski definition) is 6. The second-order valence-electron chi connectivity index (χ2n) is 5.66. The van der Waals surface area contributed by atoms with Crippen LogP contribution in [0.25, 0.3) is 0 Å². The molecule has 1 amide bonds. The molecule has 3 rings (SSSR count). The number of nitrogens with one attached hydrogen (secondary N) is 2. The smallest absolute Gasteiger partial charge is 0.338 e. The predicted molar refractivity (Wildman–Crippen MR) is 107 cm³/mol. The first-order valence-electron chi connectivity index (χ1n) is 8.50. The van der Waals surface area contributed by atoms with Crippen molar-refractivity contribution in [1.29, 1.82) is 0 Å². The number of carbonyl (C=O) groups excluding carboxylic acids is 2. The van der Waals surface area contributed by atoms with E-state index in [0.717, 1.165) is 0 Å². The van der Waals surface area contributed by atoms with Gasteiger partial charge in [0.15, 0.2) is 11.5 Å². The molecule has 0 saturated heterocycles. The average molecular weight is 397 g/mol. The number of ether oxygens (including phenoxy) is 1. The number of carbonyl (C=O) groups is 2. The zero-order chi connectivity index (χ0) is 19.9. The summed E-state index contributed by atoms with van der Waals surface area (Å²) in [5.41, 5.74) is 1.78. The van der Waals surface area contributed by atoms with E-state index in [-0.39, 0.29) is 5.69 Å². The van der Waals surface area contributed by atoms with Crippen molar-refractivity contribution in [2.75, 3.05) is 17.2 Å². The Morgan fingerprint density at radius 3 is 2.39 bits per heavy atom. The van der Waals surface area contributed by atoms with E-state index in [4.69, 9.17) is 16.3 Å². The SMILES string of the molecule is CCOC(=O)c1ccc(NC(=O)c2ccc(Nc3ccccc3Cl)nn2)cc1. The summed E-state index contributed by atoms with van der Waals surface area (Å²) in [7, 11) is 0. The van der Waals surface area contributed by atoms with Gasteiger partial charge < -0.3 is 15.4 Å². The maximum absolute atomic E-state index is 12.3. The third kappa shape index (κ3) is 4.83. The van der Waals surface area contributed by atoms with E-state index in [1.54, 1.807) is 49.4 Å². The molecule has 0 aliphatic rings. The first-order valence-corrected chi connectivity index (χ1v) is 8.88. The normalized spacial score (nSPS) is 10.2. The minimum absolute atomic E-state index is 0.152. The van der Waals surface area contributed by atoms with Crippen LogP contribution in [-0.2, 0) is 4.74 Å². The molecule has 0 unspecified atom stereocenters. The van der Waals surface area contributed by atoms with Gasteiger partial charge in [0, 0.05) is 5.69 Å². The molecular formula is C20H17ClN4O3. The van der Waals surface area contributed by atoms with Crippen molar-refractivity contribution in [2.24, 2.45) is 0 Å². The highest BCUT2D eigenvalue weighted by molar-refractivity contribution is 6.33. The molecule has 0 aliphatic carbocycles. The first-order chi connectivity index (χ1) is 13.6. The monoisotopic (exact) mass is 396 g/mol. The Morgan fingerprint density at radius 2 is 1.75 bits per heavy atom. The highest BCUT2D eigenvalue weighted by Crippen LogP contribution is 2.23. The molecule has 0 radical (unpaired) electrons. The summed E-state index contributed by atoms with van der Waals surface area (Å²) in [6.07, 6.45) is 0. The number of amides is 1. The fourth-order valence-electron chi connectivity index (χ4n) is 2.32. The summed E-state index contributed by atoms with van der Waals surface area (Å²) < 4.78 is 4.92. The average Bonchev–Trinajstić information content (AvgIpc) is 2.71. The topological polar surface area (TPSA) is 93.2 Å². The van der Waals surface area contributed by atoms with Crippen molar-refractivity contribution in [3.05, 3.63) is 76.9 Å². The molecule has 28 heavy (non-hydrogen) atoms. The van der Waals surface area contributed by atoms with Crippen LogP contribution >= 0.6 is 11.6 Å². The Kier molecular flexibility index (Phi) is 6.18. The van der Waals surface area contributed by atoms with Crippen molar-refractivity contribution in [2.45, 2.75) is 6.92 Å². The number of nitrogens with zero attached hydrogens (tertiary/aromatic N) is 2. The Hall–Kier alpha value is -3.45. The number of aromatic nitrogens is 2. The van der Waals surface area contributed by atoms with Crippen LogP contribution in [0.4, 0.5) is 17.2 Å². The minimum atomic E-state index is -0.416. The number of para-hydroxylation sites is 1. The van der Waals surface area contributed by atoms with Gasteiger partial charge in [0.2, 0.25) is 0 Å². The Balaban J connectivity index is 1.63. The predicted octanol–water partition coefficient (Wildman–Crippen LogP) is 4.30. The number of hydrogen-bond donors (Lipinski definition) is 2. The second-order valence-corrected chi connectivity index (χ2v) is 6.07. The number of halogens is 1. The molecule has 142 valence electrons. The first kappa shape index (κ1) is 19.3. The lowest BCUT2D eigenvalue weighted by atomic mass is 10.2. The van der Waals surface area contributed by atoms with Crippen LogP contribution in [0.2, 0.25) is 5.02 Å². The third-order valence-electron chi connectivity index (χ3n) is 3.69. The van der Waals surface area contributed by atoms with Crippen LogP contribution in [-0.4, -0.2) is 28.7 Å². The minimum Gasteiger partial charge on any atom is -0.462 e. The molecule has 0 saturated carbocycles. The molecule has 0 fully saturated rings. The molecule has 0 bridgehead atoms. The van der Waals surface area contributed by atoms with E-state index in [9.17, 15) is 9.59 Å². The van der Waals surface area contributed by atoms with Crippen molar-refractivity contribution < 1.29 is 14.3 Å². The van der Waals surface area contributed by atoms with Gasteiger partial charge in [-0.1, -0.05) is 23.7 Å². The fourth-order valence-corrected chi connectivity index (χ4v) is 2.50. The van der Waals surface area contributed by atoms with Gasteiger partial charge in [0.1, 0.15) is 0 Å². The van der Waals surface area contributed by atoms with E-state index >= 15 is 0 Å². The number of benzene rings is 2. The molecule has 2 aromatic carbocycles. The summed E-state index contributed by atoms with van der Waals surface area (Å²) in [6.45, 7) is 2.04. The molecule has 1 aromatic heterocycles. The van der Waals surface area contributed by atoms with Crippen LogP contribution in [0.15, 0.2) is 60.7 Å². The summed E-state index contributed by atoms with van der Waals surface area (Å²) in [5, 5.41) is 14.2. The molecule has 1 heterocycles. The molecular weight excluding hydrogens is 380 g/mol. The molecule has 2 N–H and O–H groups in total. The van der Waals surface area contributed by atoms with E-state index in [1.165, 1.54) is 0 Å². The van der Waals surface area contributed by atoms with E-state index < -0.39 is 11.9 Å². The third-order valence-corrected chi connectivity index (χ3v) is 4.02. The molecule has 8 heteroatoms. The van der Waals surface area contributed by atoms with Gasteiger partial charge in [-0.2, -0.15) is 0 Å². The van der Waals surface area contributed by atoms with Gasteiger partial charge in [-0.15, -0.1) is 10.2 Å². The van der Waals surface area contributed by atoms with E-state index in [0.29, 0.717) is 34.4 Å². The van der Waals surface area contributed by atoms with E-state index in [1.807, 2.05) is 18.2 Å². The largest absolute Gasteiger partial charge is 0.462 e. The van der Waals surface area contributed by atoms with Crippen LogP contribution in [0.5, 0.6) is 0 Å². The Labute approximate surface area is 166 Å². The van der Waals surface area contributed by atoms with Crippen LogP contribution in [0, 0.1) is 0 Å². The summed E-state index contributed by atoms with van der Waals surface area (Å²) >= 11 is 6.09. The summed E-state index contributed by atoms with van der Waals surface area (Å²) in [6, 6.07) is 16.8. The van der Waals surface area contributed by atoms with Crippen LogP contribution in [0.3, 0.4) is 0 Å². The molecule has 0 atom stereocenters. The zero-order valence-corrected chi connectivity index (χ0v) is 15.7. The fraction of sp³-hybridized carbons (Fsp3) is 0.100. The van der Waals surface area contributed by atoms with Crippen molar-refractivity contribution >= 4 is 40.7 Å². The second kappa shape index (κ2) is 8.96. The van der Waals surface area contributed by atoms with Gasteiger partial charge in [0.25, 0.3) is 5.91 Å². The molecule has 0 aliphatic heterocycles. The molecule has 3 aromatic rings. The quantitative estimate of drug-likeness (QED) is 0.603. The summed E-state index contributed by atoms with van der Waals surface area (Å²) in [4.78, 5) is 24.0. The highest BCUT2D eigenvalue weighted by Gasteiger charge is 2.11. The number of anilines is 3. The Morgan fingerprint density at radius 1 is 1.00 bits per heavy atom. The van der Waals surface area contributed by atoms with Gasteiger partial charge in [-0.3, -0.25) is 4.79 Å². The summed E-state index contributed by atoms with van der Waals surface area (Å²) in [5.74, 6) is -0.364. The lowest BCUT2D eigenvalue weighted by Gasteiger charge is -2.08. The van der Waals surface area contributed by atoms with Crippen LogP contribution in [0.1, 0.15) is 27.8 Å². The highest BCUT2D eigenvalue weighted by atomic mass is 35.5. The standard InChI is InChI=1S/C20H17ClN4O3/c1-2-28-20(27)13-7-9-14(10-8-13)22-19(26)17-11-12-18(25-24-17)23-16-6-4-3-5-15(16)21/h3-12H,2H2,1H3,(H,22,26)(H,23,25).